The van der Waals surface area contributed by atoms with Gasteiger partial charge >= 0.3 is 0 Å². The normalized spacial score (nSPS) is 19.4. The fourth-order valence-corrected chi connectivity index (χ4v) is 3.30. The van der Waals surface area contributed by atoms with Crippen molar-refractivity contribution in [1.82, 2.24) is 5.32 Å². The number of nitrogens with one attached hydrogen (secondary N) is 1. The highest BCUT2D eigenvalue weighted by atomic mass is 79.9. The van der Waals surface area contributed by atoms with Gasteiger partial charge in [-0.25, -0.2) is 0 Å². The molecule has 1 aliphatic carbocycles. The van der Waals surface area contributed by atoms with Crippen LogP contribution < -0.4 is 14.8 Å². The van der Waals surface area contributed by atoms with Crippen LogP contribution >= 0.6 is 15.9 Å². The lowest BCUT2D eigenvalue weighted by molar-refractivity contribution is 0.174. The summed E-state index contributed by atoms with van der Waals surface area (Å²) >= 11 is 3.61. The lowest BCUT2D eigenvalue weighted by Crippen LogP contribution is -2.27. The summed E-state index contributed by atoms with van der Waals surface area (Å²) in [6, 6.07) is 4.75. The van der Waals surface area contributed by atoms with E-state index in [1.807, 2.05) is 6.07 Å². The van der Waals surface area contributed by atoms with Gasteiger partial charge in [0.15, 0.2) is 11.5 Å². The summed E-state index contributed by atoms with van der Waals surface area (Å²) in [6.45, 7) is 1.23. The van der Waals surface area contributed by atoms with E-state index in [1.165, 1.54) is 44.1 Å². The molecule has 1 fully saturated rings. The molecule has 0 spiro atoms. The molecule has 2 aliphatic rings. The van der Waals surface area contributed by atoms with Gasteiger partial charge in [0.05, 0.1) is 0 Å². The van der Waals surface area contributed by atoms with Crippen LogP contribution in [0.2, 0.25) is 0 Å². The molecular weight excluding hydrogens is 306 g/mol. The van der Waals surface area contributed by atoms with E-state index >= 15 is 0 Å². The minimum Gasteiger partial charge on any atom is -0.454 e. The Bertz CT molecular complexity index is 442. The second kappa shape index (κ2) is 6.14. The molecule has 1 aromatic carbocycles. The van der Waals surface area contributed by atoms with Gasteiger partial charge in [-0.15, -0.1) is 0 Å². The van der Waals surface area contributed by atoms with Gasteiger partial charge in [-0.3, -0.25) is 0 Å². The second-order valence-electron chi connectivity index (χ2n) is 5.37. The average molecular weight is 326 g/mol. The number of rotatable bonds is 3. The Labute approximate surface area is 122 Å². The van der Waals surface area contributed by atoms with Crippen molar-refractivity contribution in [1.29, 1.82) is 0 Å². The molecule has 1 heterocycles. The molecule has 104 valence electrons. The third-order valence-corrected chi connectivity index (χ3v) is 4.72. The van der Waals surface area contributed by atoms with Gasteiger partial charge in [0.2, 0.25) is 6.79 Å². The van der Waals surface area contributed by atoms with Crippen LogP contribution in [0, 0.1) is 0 Å². The third-order valence-electron chi connectivity index (χ3n) is 3.98. The Morgan fingerprint density at radius 1 is 1.05 bits per heavy atom. The summed E-state index contributed by atoms with van der Waals surface area (Å²) < 4.78 is 11.9. The molecule has 0 amide bonds. The molecule has 1 saturated carbocycles. The molecule has 19 heavy (non-hydrogen) atoms. The van der Waals surface area contributed by atoms with Crippen molar-refractivity contribution in [2.45, 2.75) is 51.1 Å². The standard InChI is InChI=1S/C15H20BrNO2/c16-13-8-15-14(18-10-19-15)7-11(13)9-17-12-5-3-1-2-4-6-12/h7-8,12,17H,1-6,9-10H2. The summed E-state index contributed by atoms with van der Waals surface area (Å²) in [5.41, 5.74) is 1.24. The topological polar surface area (TPSA) is 30.5 Å². The van der Waals surface area contributed by atoms with Crippen molar-refractivity contribution in [2.75, 3.05) is 6.79 Å². The highest BCUT2D eigenvalue weighted by molar-refractivity contribution is 9.10. The van der Waals surface area contributed by atoms with Gasteiger partial charge in [-0.1, -0.05) is 41.6 Å². The largest absolute Gasteiger partial charge is 0.454 e. The second-order valence-corrected chi connectivity index (χ2v) is 6.22. The maximum absolute atomic E-state index is 5.44. The number of hydrogen-bond acceptors (Lipinski definition) is 3. The van der Waals surface area contributed by atoms with E-state index in [2.05, 4.69) is 27.3 Å². The molecule has 1 N–H and O–H groups in total. The van der Waals surface area contributed by atoms with Crippen molar-refractivity contribution < 1.29 is 9.47 Å². The van der Waals surface area contributed by atoms with Crippen LogP contribution in [-0.2, 0) is 6.54 Å². The first-order chi connectivity index (χ1) is 9.33. The first-order valence-electron chi connectivity index (χ1n) is 7.14. The average Bonchev–Trinajstić information content (AvgIpc) is 2.70. The number of ether oxygens (including phenoxy) is 2. The lowest BCUT2D eigenvalue weighted by Gasteiger charge is -2.17. The fourth-order valence-electron chi connectivity index (χ4n) is 2.83. The summed E-state index contributed by atoms with van der Waals surface area (Å²) in [7, 11) is 0. The SMILES string of the molecule is Brc1cc2c(cc1CNC1CCCCCC1)OCO2. The highest BCUT2D eigenvalue weighted by Crippen LogP contribution is 2.37. The first kappa shape index (κ1) is 13.3. The van der Waals surface area contributed by atoms with Crippen molar-refractivity contribution >= 4 is 15.9 Å². The Morgan fingerprint density at radius 3 is 2.47 bits per heavy atom. The summed E-state index contributed by atoms with van der Waals surface area (Å²) in [6.07, 6.45) is 8.13. The Morgan fingerprint density at radius 2 is 1.74 bits per heavy atom. The molecule has 3 nitrogen and oxygen atoms in total. The molecule has 0 bridgehead atoms. The Hall–Kier alpha value is -0.740. The molecule has 0 radical (unpaired) electrons. The maximum atomic E-state index is 5.44. The van der Waals surface area contributed by atoms with Gasteiger partial charge in [0.25, 0.3) is 0 Å². The van der Waals surface area contributed by atoms with Crippen molar-refractivity contribution in [3.63, 3.8) is 0 Å². The maximum Gasteiger partial charge on any atom is 0.231 e. The van der Waals surface area contributed by atoms with E-state index in [1.54, 1.807) is 0 Å². The number of benzene rings is 1. The van der Waals surface area contributed by atoms with Crippen LogP contribution in [0.4, 0.5) is 0 Å². The Kier molecular flexibility index (Phi) is 4.28. The van der Waals surface area contributed by atoms with Gasteiger partial charge in [-0.05, 0) is 30.5 Å². The molecule has 0 aromatic heterocycles. The number of halogens is 1. The molecule has 4 heteroatoms. The van der Waals surface area contributed by atoms with E-state index in [0.29, 0.717) is 12.8 Å². The number of hydrogen-bond donors (Lipinski definition) is 1. The Balaban J connectivity index is 1.63. The minimum atomic E-state index is 0.335. The van der Waals surface area contributed by atoms with Crippen molar-refractivity contribution in [2.24, 2.45) is 0 Å². The molecule has 0 atom stereocenters. The van der Waals surface area contributed by atoms with Gasteiger partial charge in [0, 0.05) is 17.1 Å². The van der Waals surface area contributed by atoms with E-state index in [9.17, 15) is 0 Å². The van der Waals surface area contributed by atoms with Gasteiger partial charge < -0.3 is 14.8 Å². The van der Waals surface area contributed by atoms with E-state index in [0.717, 1.165) is 22.5 Å². The van der Waals surface area contributed by atoms with Gasteiger partial charge in [0.1, 0.15) is 0 Å². The summed E-state index contributed by atoms with van der Waals surface area (Å²) in [5.74, 6) is 1.70. The molecule has 1 aliphatic heterocycles. The zero-order valence-corrected chi connectivity index (χ0v) is 12.7. The lowest BCUT2D eigenvalue weighted by atomic mass is 10.1. The van der Waals surface area contributed by atoms with Crippen LogP contribution in [0.1, 0.15) is 44.1 Å². The minimum absolute atomic E-state index is 0.335. The van der Waals surface area contributed by atoms with Crippen LogP contribution in [0.25, 0.3) is 0 Å². The van der Waals surface area contributed by atoms with Crippen LogP contribution in [0.5, 0.6) is 11.5 Å². The molecule has 0 saturated heterocycles. The van der Waals surface area contributed by atoms with E-state index in [-0.39, 0.29) is 0 Å². The van der Waals surface area contributed by atoms with Crippen LogP contribution in [0.15, 0.2) is 16.6 Å². The summed E-state index contributed by atoms with van der Waals surface area (Å²) in [5, 5.41) is 3.68. The van der Waals surface area contributed by atoms with Crippen LogP contribution in [0.3, 0.4) is 0 Å². The van der Waals surface area contributed by atoms with E-state index in [4.69, 9.17) is 9.47 Å². The predicted molar refractivity (Wildman–Crippen MR) is 78.6 cm³/mol. The van der Waals surface area contributed by atoms with E-state index < -0.39 is 0 Å². The summed E-state index contributed by atoms with van der Waals surface area (Å²) in [4.78, 5) is 0. The predicted octanol–water partition coefficient (Wildman–Crippen LogP) is 3.99. The molecule has 3 rings (SSSR count). The fraction of sp³-hybridized carbons (Fsp3) is 0.600. The highest BCUT2D eigenvalue weighted by Gasteiger charge is 2.17. The molecule has 1 aromatic rings. The smallest absolute Gasteiger partial charge is 0.231 e. The molecule has 0 unspecified atom stereocenters. The first-order valence-corrected chi connectivity index (χ1v) is 7.93. The third kappa shape index (κ3) is 3.23. The monoisotopic (exact) mass is 325 g/mol. The van der Waals surface area contributed by atoms with Crippen molar-refractivity contribution in [3.8, 4) is 11.5 Å². The number of fused-ring (bicyclic) bond motifs is 1. The van der Waals surface area contributed by atoms with Crippen LogP contribution in [-0.4, -0.2) is 12.8 Å². The van der Waals surface area contributed by atoms with Gasteiger partial charge in [-0.2, -0.15) is 0 Å². The quantitative estimate of drug-likeness (QED) is 0.852. The zero-order valence-electron chi connectivity index (χ0n) is 11.1. The van der Waals surface area contributed by atoms with Crippen molar-refractivity contribution in [3.05, 3.63) is 22.2 Å². The zero-order chi connectivity index (χ0) is 13.1. The molecular formula is C15H20BrNO2.